The summed E-state index contributed by atoms with van der Waals surface area (Å²) in [5.41, 5.74) is 0. The van der Waals surface area contributed by atoms with Crippen LogP contribution < -0.4 is 4.74 Å². The zero-order valence-corrected chi connectivity index (χ0v) is 11.8. The Labute approximate surface area is 115 Å². The molecule has 1 fully saturated rings. The number of hydrogen-bond donors (Lipinski definition) is 0. The molecule has 0 amide bonds. The highest BCUT2D eigenvalue weighted by molar-refractivity contribution is 8.13. The summed E-state index contributed by atoms with van der Waals surface area (Å²) in [6.45, 7) is 0.652. The van der Waals surface area contributed by atoms with Gasteiger partial charge in [-0.1, -0.05) is 11.6 Å². The average Bonchev–Trinajstić information content (AvgIpc) is 2.31. The Morgan fingerprint density at radius 1 is 1.33 bits per heavy atom. The smallest absolute Gasteiger partial charge is 0.262 e. The van der Waals surface area contributed by atoms with Gasteiger partial charge in [-0.05, 0) is 25.0 Å². The van der Waals surface area contributed by atoms with E-state index in [0.717, 1.165) is 19.3 Å². The quantitative estimate of drug-likeness (QED) is 0.805. The van der Waals surface area contributed by atoms with Crippen LogP contribution in [0.1, 0.15) is 19.3 Å². The van der Waals surface area contributed by atoms with E-state index < -0.39 is 9.05 Å². The first kappa shape index (κ1) is 13.9. The molecule has 18 heavy (non-hydrogen) atoms. The van der Waals surface area contributed by atoms with Crippen molar-refractivity contribution in [3.63, 3.8) is 0 Å². The van der Waals surface area contributed by atoms with Gasteiger partial charge in [0.05, 0.1) is 11.6 Å². The maximum absolute atomic E-state index is 11.3. The van der Waals surface area contributed by atoms with Crippen LogP contribution in [-0.2, 0) is 13.8 Å². The van der Waals surface area contributed by atoms with Gasteiger partial charge < -0.3 is 9.47 Å². The number of rotatable bonds is 3. The normalized spacial score (nSPS) is 20.7. The Bertz CT molecular complexity index is 524. The number of benzene rings is 1. The molecule has 1 heterocycles. The third-order valence-electron chi connectivity index (χ3n) is 2.57. The van der Waals surface area contributed by atoms with E-state index in [2.05, 4.69) is 0 Å². The lowest BCUT2D eigenvalue weighted by Crippen LogP contribution is -2.25. The molecule has 0 aromatic heterocycles. The summed E-state index contributed by atoms with van der Waals surface area (Å²) < 4.78 is 33.5. The second-order valence-electron chi connectivity index (χ2n) is 3.94. The largest absolute Gasteiger partial charge is 0.465 e. The van der Waals surface area contributed by atoms with Crippen molar-refractivity contribution in [3.05, 3.63) is 23.2 Å². The molecule has 7 heteroatoms. The van der Waals surface area contributed by atoms with Crippen LogP contribution in [0, 0.1) is 0 Å². The maximum atomic E-state index is 11.3. The average molecular weight is 311 g/mol. The third kappa shape index (κ3) is 3.51. The van der Waals surface area contributed by atoms with E-state index in [1.807, 2.05) is 0 Å². The Morgan fingerprint density at radius 2 is 2.11 bits per heavy atom. The third-order valence-corrected chi connectivity index (χ3v) is 4.37. The second kappa shape index (κ2) is 5.65. The lowest BCUT2D eigenvalue weighted by atomic mass is 10.2. The van der Waals surface area contributed by atoms with Crippen molar-refractivity contribution >= 4 is 31.3 Å². The van der Waals surface area contributed by atoms with Gasteiger partial charge in [-0.2, -0.15) is 0 Å². The maximum Gasteiger partial charge on any atom is 0.262 e. The van der Waals surface area contributed by atoms with Crippen LogP contribution in [0.25, 0.3) is 0 Å². The van der Waals surface area contributed by atoms with Gasteiger partial charge in [-0.25, -0.2) is 8.42 Å². The lowest BCUT2D eigenvalue weighted by Gasteiger charge is -2.23. The molecule has 0 saturated carbocycles. The van der Waals surface area contributed by atoms with Gasteiger partial charge in [0.2, 0.25) is 0 Å². The van der Waals surface area contributed by atoms with E-state index in [0.29, 0.717) is 12.4 Å². The van der Waals surface area contributed by atoms with E-state index in [1.54, 1.807) is 6.07 Å². The van der Waals surface area contributed by atoms with Gasteiger partial charge in [0.25, 0.3) is 9.05 Å². The van der Waals surface area contributed by atoms with Crippen molar-refractivity contribution in [1.29, 1.82) is 0 Å². The first-order chi connectivity index (χ1) is 8.47. The summed E-state index contributed by atoms with van der Waals surface area (Å²) in [5, 5.41) is 0.0712. The molecule has 0 N–H and O–H groups in total. The fraction of sp³-hybridized carbons (Fsp3) is 0.455. The zero-order valence-electron chi connectivity index (χ0n) is 9.43. The van der Waals surface area contributed by atoms with Crippen molar-refractivity contribution in [2.45, 2.75) is 30.4 Å². The molecule has 1 aromatic rings. The highest BCUT2D eigenvalue weighted by Crippen LogP contribution is 2.30. The molecule has 1 unspecified atom stereocenters. The Balaban J connectivity index is 2.19. The number of halogens is 2. The van der Waals surface area contributed by atoms with Crippen LogP contribution in [0.2, 0.25) is 5.02 Å². The van der Waals surface area contributed by atoms with Crippen molar-refractivity contribution in [1.82, 2.24) is 0 Å². The van der Waals surface area contributed by atoms with Crippen molar-refractivity contribution < 1.29 is 17.9 Å². The molecule has 4 nitrogen and oxygen atoms in total. The molecule has 2 rings (SSSR count). The summed E-state index contributed by atoms with van der Waals surface area (Å²) in [4.78, 5) is -0.154. The van der Waals surface area contributed by atoms with E-state index >= 15 is 0 Å². The standard InChI is InChI=1S/C11H12Cl2O4S/c12-9-5-4-8(7-10(9)18(13,14)15)17-11-3-1-2-6-16-11/h4-5,7,11H,1-3,6H2. The predicted molar refractivity (Wildman–Crippen MR) is 68.7 cm³/mol. The Kier molecular flexibility index (Phi) is 4.37. The van der Waals surface area contributed by atoms with Gasteiger partial charge in [0.15, 0.2) is 6.29 Å². The van der Waals surface area contributed by atoms with Gasteiger partial charge in [-0.15, -0.1) is 0 Å². The Hall–Kier alpha value is -0.490. The molecule has 100 valence electrons. The number of ether oxygens (including phenoxy) is 2. The molecular weight excluding hydrogens is 299 g/mol. The molecule has 0 radical (unpaired) electrons. The van der Waals surface area contributed by atoms with Crippen LogP contribution in [0.3, 0.4) is 0 Å². The van der Waals surface area contributed by atoms with Gasteiger partial charge in [0.1, 0.15) is 10.6 Å². The highest BCUT2D eigenvalue weighted by atomic mass is 35.7. The van der Waals surface area contributed by atoms with Crippen LogP contribution in [0.15, 0.2) is 23.1 Å². The monoisotopic (exact) mass is 310 g/mol. The van der Waals surface area contributed by atoms with E-state index in [9.17, 15) is 8.42 Å². The molecular formula is C11H12Cl2O4S. The van der Waals surface area contributed by atoms with Crippen molar-refractivity contribution in [3.8, 4) is 5.75 Å². The summed E-state index contributed by atoms with van der Waals surface area (Å²) in [7, 11) is 1.40. The zero-order chi connectivity index (χ0) is 13.2. The van der Waals surface area contributed by atoms with E-state index in [4.69, 9.17) is 31.8 Å². The van der Waals surface area contributed by atoms with Crippen molar-refractivity contribution in [2.24, 2.45) is 0 Å². The minimum absolute atomic E-state index is 0.0712. The molecule has 1 saturated heterocycles. The first-order valence-electron chi connectivity index (χ1n) is 5.49. The number of hydrogen-bond acceptors (Lipinski definition) is 4. The highest BCUT2D eigenvalue weighted by Gasteiger charge is 2.19. The van der Waals surface area contributed by atoms with Crippen LogP contribution in [-0.4, -0.2) is 21.3 Å². The summed E-state index contributed by atoms with van der Waals surface area (Å²) in [6.07, 6.45) is 2.48. The molecule has 0 bridgehead atoms. The van der Waals surface area contributed by atoms with Gasteiger partial charge in [-0.3, -0.25) is 0 Å². The molecule has 1 aliphatic rings. The van der Waals surface area contributed by atoms with E-state index in [-0.39, 0.29) is 16.2 Å². The lowest BCUT2D eigenvalue weighted by molar-refractivity contribution is -0.106. The fourth-order valence-electron chi connectivity index (χ4n) is 1.70. The predicted octanol–water partition coefficient (Wildman–Crippen LogP) is 3.17. The minimum atomic E-state index is -3.88. The van der Waals surface area contributed by atoms with E-state index in [1.165, 1.54) is 12.1 Å². The second-order valence-corrected chi connectivity index (χ2v) is 6.89. The molecule has 1 aromatic carbocycles. The summed E-state index contributed by atoms with van der Waals surface area (Å²) in [5.74, 6) is 0.380. The van der Waals surface area contributed by atoms with Gasteiger partial charge in [0, 0.05) is 23.2 Å². The molecule has 0 aliphatic carbocycles. The SMILES string of the molecule is O=S(=O)(Cl)c1cc(OC2CCCCO2)ccc1Cl. The summed E-state index contributed by atoms with van der Waals surface area (Å²) in [6, 6.07) is 4.34. The topological polar surface area (TPSA) is 52.6 Å². The van der Waals surface area contributed by atoms with Gasteiger partial charge >= 0.3 is 0 Å². The molecule has 1 atom stereocenters. The van der Waals surface area contributed by atoms with Crippen LogP contribution >= 0.6 is 22.3 Å². The molecule has 1 aliphatic heterocycles. The first-order valence-corrected chi connectivity index (χ1v) is 8.18. The van der Waals surface area contributed by atoms with Crippen LogP contribution in [0.4, 0.5) is 0 Å². The Morgan fingerprint density at radius 3 is 2.72 bits per heavy atom. The minimum Gasteiger partial charge on any atom is -0.465 e. The summed E-state index contributed by atoms with van der Waals surface area (Å²) >= 11 is 5.77. The van der Waals surface area contributed by atoms with Crippen LogP contribution in [0.5, 0.6) is 5.75 Å². The van der Waals surface area contributed by atoms with Crippen molar-refractivity contribution in [2.75, 3.05) is 6.61 Å². The molecule has 0 spiro atoms. The fourth-order valence-corrected chi connectivity index (χ4v) is 3.18.